The Balaban J connectivity index is 1.52. The van der Waals surface area contributed by atoms with Crippen molar-refractivity contribution in [1.82, 2.24) is 0 Å². The van der Waals surface area contributed by atoms with E-state index in [1.807, 2.05) is 48.6 Å². The molecule has 4 aromatic rings. The summed E-state index contributed by atoms with van der Waals surface area (Å²) in [5.41, 5.74) is 3.75. The van der Waals surface area contributed by atoms with Crippen molar-refractivity contribution in [1.29, 1.82) is 10.5 Å². The lowest BCUT2D eigenvalue weighted by Crippen LogP contribution is -2.24. The molecule has 0 aliphatic heterocycles. The van der Waals surface area contributed by atoms with E-state index in [1.54, 1.807) is 0 Å². The van der Waals surface area contributed by atoms with E-state index < -0.39 is 5.41 Å². The van der Waals surface area contributed by atoms with Gasteiger partial charge in [0.25, 0.3) is 0 Å². The van der Waals surface area contributed by atoms with E-state index in [2.05, 4.69) is 78.9 Å². The molecule has 2 aliphatic carbocycles. The summed E-state index contributed by atoms with van der Waals surface area (Å²) in [6, 6.07) is 32.2. The summed E-state index contributed by atoms with van der Waals surface area (Å²) < 4.78 is 0. The first kappa shape index (κ1) is 20.0. The molecule has 2 nitrogen and oxygen atoms in total. The van der Waals surface area contributed by atoms with Gasteiger partial charge < -0.3 is 0 Å². The van der Waals surface area contributed by atoms with Crippen molar-refractivity contribution in [3.63, 3.8) is 0 Å². The van der Waals surface area contributed by atoms with Gasteiger partial charge in [-0.15, -0.1) is 0 Å². The van der Waals surface area contributed by atoms with E-state index in [0.29, 0.717) is 0 Å². The third-order valence-corrected chi connectivity index (χ3v) is 6.98. The minimum absolute atomic E-state index is 0.269. The first-order chi connectivity index (χ1) is 16.7. The van der Waals surface area contributed by atoms with Crippen LogP contribution in [0.1, 0.15) is 5.56 Å². The molecule has 0 spiro atoms. The predicted octanol–water partition coefficient (Wildman–Crippen LogP) is 7.76. The van der Waals surface area contributed by atoms with Crippen molar-refractivity contribution in [3.05, 3.63) is 126 Å². The fourth-order valence-corrected chi connectivity index (χ4v) is 5.34. The highest BCUT2D eigenvalue weighted by atomic mass is 14.5. The van der Waals surface area contributed by atoms with Crippen LogP contribution in [0, 0.1) is 34.0 Å². The van der Waals surface area contributed by atoms with Gasteiger partial charge in [0.15, 0.2) is 5.41 Å². The normalized spacial score (nSPS) is 18.0. The van der Waals surface area contributed by atoms with Gasteiger partial charge >= 0.3 is 0 Å². The van der Waals surface area contributed by atoms with Gasteiger partial charge in [-0.2, -0.15) is 10.5 Å². The molecule has 0 heterocycles. The third-order valence-electron chi connectivity index (χ3n) is 6.98. The number of hydrogen-bond donors (Lipinski definition) is 0. The van der Waals surface area contributed by atoms with Gasteiger partial charge in [0.05, 0.1) is 12.1 Å². The van der Waals surface area contributed by atoms with E-state index in [0.717, 1.165) is 22.3 Å². The van der Waals surface area contributed by atoms with Crippen LogP contribution in [0.3, 0.4) is 0 Å². The van der Waals surface area contributed by atoms with Gasteiger partial charge in [-0.05, 0) is 55.4 Å². The van der Waals surface area contributed by atoms with Crippen LogP contribution < -0.4 is 0 Å². The second kappa shape index (κ2) is 7.73. The first-order valence-electron chi connectivity index (χ1n) is 11.4. The van der Waals surface area contributed by atoms with Crippen molar-refractivity contribution in [3.8, 4) is 23.3 Å². The lowest BCUT2D eigenvalue weighted by Gasteiger charge is -2.23. The van der Waals surface area contributed by atoms with E-state index >= 15 is 0 Å². The zero-order chi connectivity index (χ0) is 23.1. The predicted molar refractivity (Wildman–Crippen MR) is 138 cm³/mol. The van der Waals surface area contributed by atoms with Gasteiger partial charge in [-0.1, -0.05) is 109 Å². The average Bonchev–Trinajstić information content (AvgIpc) is 3.01. The van der Waals surface area contributed by atoms with Gasteiger partial charge in [0, 0.05) is 5.92 Å². The Bertz CT molecular complexity index is 1600. The SMILES string of the molecule is N#CC1(C#N)C(c2ccc(-c3c4ccccc4cc4ccccc34)cc2)=CC2=CC=CC=CC21. The molecule has 0 radical (unpaired) electrons. The summed E-state index contributed by atoms with van der Waals surface area (Å²) in [6.45, 7) is 0. The van der Waals surface area contributed by atoms with Crippen LogP contribution >= 0.6 is 0 Å². The Morgan fingerprint density at radius 2 is 1.29 bits per heavy atom. The maximum absolute atomic E-state index is 10.2. The average molecular weight is 433 g/mol. The summed E-state index contributed by atoms with van der Waals surface area (Å²) in [5, 5.41) is 25.1. The lowest BCUT2D eigenvalue weighted by molar-refractivity contribution is 0.578. The van der Waals surface area contributed by atoms with Crippen LogP contribution in [0.25, 0.3) is 38.2 Å². The molecular formula is C32H20N2. The molecule has 0 saturated carbocycles. The number of hydrogen-bond acceptors (Lipinski definition) is 2. The van der Waals surface area contributed by atoms with Crippen molar-refractivity contribution in [2.45, 2.75) is 0 Å². The Hall–Kier alpha value is -4.66. The summed E-state index contributed by atoms with van der Waals surface area (Å²) in [7, 11) is 0. The summed E-state index contributed by atoms with van der Waals surface area (Å²) in [4.78, 5) is 0. The molecule has 0 saturated heterocycles. The van der Waals surface area contributed by atoms with Crippen molar-refractivity contribution >= 4 is 27.1 Å². The second-order valence-electron chi connectivity index (χ2n) is 8.77. The van der Waals surface area contributed by atoms with Gasteiger partial charge in [-0.25, -0.2) is 0 Å². The highest BCUT2D eigenvalue weighted by molar-refractivity contribution is 6.12. The molecule has 6 rings (SSSR count). The van der Waals surface area contributed by atoms with Gasteiger partial charge in [0.1, 0.15) is 0 Å². The van der Waals surface area contributed by atoms with Crippen molar-refractivity contribution in [2.24, 2.45) is 11.3 Å². The van der Waals surface area contributed by atoms with Crippen LogP contribution in [0.2, 0.25) is 0 Å². The topological polar surface area (TPSA) is 47.6 Å². The number of allylic oxidation sites excluding steroid dienone is 8. The van der Waals surface area contributed by atoms with Crippen molar-refractivity contribution < 1.29 is 0 Å². The van der Waals surface area contributed by atoms with E-state index in [1.165, 1.54) is 27.1 Å². The largest absolute Gasteiger partial charge is 0.196 e. The zero-order valence-corrected chi connectivity index (χ0v) is 18.4. The van der Waals surface area contributed by atoms with E-state index in [4.69, 9.17) is 0 Å². The molecule has 0 fully saturated rings. The molecule has 1 unspecified atom stereocenters. The number of rotatable bonds is 2. The third kappa shape index (κ3) is 2.87. The quantitative estimate of drug-likeness (QED) is 0.304. The van der Waals surface area contributed by atoms with Crippen LogP contribution in [-0.2, 0) is 0 Å². The molecule has 0 aromatic heterocycles. The number of nitriles is 2. The maximum atomic E-state index is 10.2. The molecule has 2 aliphatic rings. The minimum atomic E-state index is -1.23. The molecule has 34 heavy (non-hydrogen) atoms. The van der Waals surface area contributed by atoms with Crippen LogP contribution in [0.5, 0.6) is 0 Å². The Morgan fingerprint density at radius 3 is 1.94 bits per heavy atom. The van der Waals surface area contributed by atoms with Crippen LogP contribution in [0.4, 0.5) is 0 Å². The fraction of sp³-hybridized carbons (Fsp3) is 0.0625. The Morgan fingerprint density at radius 1 is 0.676 bits per heavy atom. The summed E-state index contributed by atoms with van der Waals surface area (Å²) in [5.74, 6) is -0.269. The molecular weight excluding hydrogens is 412 g/mol. The molecule has 158 valence electrons. The summed E-state index contributed by atoms with van der Waals surface area (Å²) >= 11 is 0. The monoisotopic (exact) mass is 432 g/mol. The van der Waals surface area contributed by atoms with E-state index in [-0.39, 0.29) is 5.92 Å². The van der Waals surface area contributed by atoms with Crippen LogP contribution in [0.15, 0.2) is 121 Å². The molecule has 0 amide bonds. The molecule has 1 atom stereocenters. The first-order valence-corrected chi connectivity index (χ1v) is 11.4. The smallest absolute Gasteiger partial charge is 0.179 e. The highest BCUT2D eigenvalue weighted by Crippen LogP contribution is 2.52. The molecule has 2 heteroatoms. The fourth-order valence-electron chi connectivity index (χ4n) is 5.34. The highest BCUT2D eigenvalue weighted by Gasteiger charge is 2.48. The number of benzene rings is 4. The van der Waals surface area contributed by atoms with Gasteiger partial charge in [0.2, 0.25) is 0 Å². The van der Waals surface area contributed by atoms with Crippen molar-refractivity contribution in [2.75, 3.05) is 0 Å². The Kier molecular flexibility index (Phi) is 4.54. The number of fused-ring (bicyclic) bond motifs is 3. The minimum Gasteiger partial charge on any atom is -0.196 e. The van der Waals surface area contributed by atoms with E-state index in [9.17, 15) is 10.5 Å². The van der Waals surface area contributed by atoms with Crippen LogP contribution in [-0.4, -0.2) is 0 Å². The molecule has 0 N–H and O–H groups in total. The molecule has 0 bridgehead atoms. The molecule has 4 aromatic carbocycles. The zero-order valence-electron chi connectivity index (χ0n) is 18.4. The lowest BCUT2D eigenvalue weighted by atomic mass is 9.73. The Labute approximate surface area is 198 Å². The number of nitrogens with zero attached hydrogens (tertiary/aromatic N) is 2. The maximum Gasteiger partial charge on any atom is 0.179 e. The van der Waals surface area contributed by atoms with Gasteiger partial charge in [-0.3, -0.25) is 0 Å². The second-order valence-corrected chi connectivity index (χ2v) is 8.77. The standard InChI is InChI=1S/C32H20N2/c33-20-32(21-34)29-13-3-1-2-10-26(29)19-30(32)22-14-16-23(17-15-22)31-27-11-6-4-8-24(27)18-25-9-5-7-12-28(25)31/h1-19,29H. The summed E-state index contributed by atoms with van der Waals surface area (Å²) in [6.07, 6.45) is 11.8.